The smallest absolute Gasteiger partial charge is 0.230 e. The maximum atomic E-state index is 13.5. The molecule has 1 spiro atoms. The Labute approximate surface area is 171 Å². The van der Waals surface area contributed by atoms with Gasteiger partial charge in [0.2, 0.25) is 5.91 Å². The minimum absolute atomic E-state index is 0.0221. The van der Waals surface area contributed by atoms with E-state index in [2.05, 4.69) is 55.9 Å². The molecule has 2 aromatic rings. The van der Waals surface area contributed by atoms with Crippen molar-refractivity contribution >= 4 is 23.6 Å². The van der Waals surface area contributed by atoms with Crippen molar-refractivity contribution in [2.75, 3.05) is 36.9 Å². The quantitative estimate of drug-likeness (QED) is 0.871. The Hall–Kier alpha value is -2.89. The summed E-state index contributed by atoms with van der Waals surface area (Å²) in [6, 6.07) is 8.43. The highest BCUT2D eigenvalue weighted by Gasteiger charge is 2.54. The Kier molecular flexibility index (Phi) is 4.30. The van der Waals surface area contributed by atoms with Crippen molar-refractivity contribution in [3.63, 3.8) is 0 Å². The SMILES string of the molecule is C=Cc1c(NC)ncnc1N1CCN(C(=O)C2CCc3ccccc32)C2(CC2)C1. The first kappa shape index (κ1) is 18.2. The fourth-order valence-electron chi connectivity index (χ4n) is 5.10. The molecule has 1 atom stereocenters. The fraction of sp³-hybridized carbons (Fsp3) is 0.435. The maximum Gasteiger partial charge on any atom is 0.230 e. The molecule has 2 aliphatic carbocycles. The molecular formula is C23H27N5O. The van der Waals surface area contributed by atoms with Gasteiger partial charge in [0.1, 0.15) is 18.0 Å². The third-order valence-corrected chi connectivity index (χ3v) is 6.78. The second-order valence-corrected chi connectivity index (χ2v) is 8.34. The highest BCUT2D eigenvalue weighted by molar-refractivity contribution is 5.86. The Morgan fingerprint density at radius 1 is 1.28 bits per heavy atom. The Balaban J connectivity index is 1.39. The minimum Gasteiger partial charge on any atom is -0.372 e. The molecular weight excluding hydrogens is 362 g/mol. The molecule has 6 heteroatoms. The van der Waals surface area contributed by atoms with E-state index in [9.17, 15) is 4.79 Å². The number of nitrogens with zero attached hydrogens (tertiary/aromatic N) is 4. The number of hydrogen-bond donors (Lipinski definition) is 1. The van der Waals surface area contributed by atoms with Crippen molar-refractivity contribution < 1.29 is 4.79 Å². The summed E-state index contributed by atoms with van der Waals surface area (Å²) in [6.07, 6.45) is 7.49. The van der Waals surface area contributed by atoms with Gasteiger partial charge < -0.3 is 15.1 Å². The lowest BCUT2D eigenvalue weighted by molar-refractivity contribution is -0.136. The van der Waals surface area contributed by atoms with E-state index >= 15 is 0 Å². The molecule has 1 aromatic carbocycles. The van der Waals surface area contributed by atoms with E-state index < -0.39 is 0 Å². The lowest BCUT2D eigenvalue weighted by atomic mass is 9.97. The predicted octanol–water partition coefficient (Wildman–Crippen LogP) is 3.07. The zero-order valence-electron chi connectivity index (χ0n) is 16.9. The number of aryl methyl sites for hydroxylation is 1. The van der Waals surface area contributed by atoms with Crippen LogP contribution in [-0.4, -0.2) is 53.0 Å². The van der Waals surface area contributed by atoms with Crippen LogP contribution in [0.25, 0.3) is 6.08 Å². The average molecular weight is 390 g/mol. The second kappa shape index (κ2) is 6.87. The fourth-order valence-corrected chi connectivity index (χ4v) is 5.10. The molecule has 1 saturated heterocycles. The first-order valence-corrected chi connectivity index (χ1v) is 10.5. The van der Waals surface area contributed by atoms with Gasteiger partial charge in [-0.3, -0.25) is 4.79 Å². The molecule has 6 nitrogen and oxygen atoms in total. The number of hydrogen-bond acceptors (Lipinski definition) is 5. The molecule has 1 N–H and O–H groups in total. The van der Waals surface area contributed by atoms with Crippen LogP contribution in [0.2, 0.25) is 0 Å². The van der Waals surface area contributed by atoms with Crippen LogP contribution in [0, 0.1) is 0 Å². The Morgan fingerprint density at radius 2 is 2.10 bits per heavy atom. The molecule has 1 unspecified atom stereocenters. The summed E-state index contributed by atoms with van der Waals surface area (Å²) >= 11 is 0. The first-order valence-electron chi connectivity index (χ1n) is 10.5. The van der Waals surface area contributed by atoms with Crippen molar-refractivity contribution in [3.8, 4) is 0 Å². The lowest BCUT2D eigenvalue weighted by Crippen LogP contribution is -2.58. The van der Waals surface area contributed by atoms with Crippen molar-refractivity contribution in [1.82, 2.24) is 14.9 Å². The molecule has 2 fully saturated rings. The number of amides is 1. The zero-order chi connectivity index (χ0) is 20.0. The summed E-state index contributed by atoms with van der Waals surface area (Å²) in [7, 11) is 1.86. The molecule has 29 heavy (non-hydrogen) atoms. The van der Waals surface area contributed by atoms with Gasteiger partial charge in [0, 0.05) is 26.7 Å². The van der Waals surface area contributed by atoms with Gasteiger partial charge in [-0.2, -0.15) is 0 Å². The summed E-state index contributed by atoms with van der Waals surface area (Å²) < 4.78 is 0. The van der Waals surface area contributed by atoms with Gasteiger partial charge in [0.05, 0.1) is 17.0 Å². The van der Waals surface area contributed by atoms with E-state index in [1.165, 1.54) is 11.1 Å². The third-order valence-electron chi connectivity index (χ3n) is 6.78. The lowest BCUT2D eigenvalue weighted by Gasteiger charge is -2.44. The van der Waals surface area contributed by atoms with E-state index in [0.29, 0.717) is 5.91 Å². The number of piperazine rings is 1. The predicted molar refractivity (Wildman–Crippen MR) is 115 cm³/mol. The molecule has 5 rings (SSSR count). The van der Waals surface area contributed by atoms with Gasteiger partial charge in [-0.05, 0) is 36.8 Å². The van der Waals surface area contributed by atoms with Gasteiger partial charge in [0.25, 0.3) is 0 Å². The van der Waals surface area contributed by atoms with E-state index in [1.54, 1.807) is 6.33 Å². The molecule has 1 saturated carbocycles. The van der Waals surface area contributed by atoms with Gasteiger partial charge in [-0.15, -0.1) is 0 Å². The van der Waals surface area contributed by atoms with Crippen molar-refractivity contribution in [2.45, 2.75) is 37.1 Å². The molecule has 3 aliphatic rings. The number of aromatic nitrogens is 2. The standard InChI is InChI=1S/C23H27N5O/c1-3-17-20(24-2)25-15-26-21(17)27-12-13-28(23(14-27)10-11-23)22(29)19-9-8-16-6-4-5-7-18(16)19/h3-7,15,19H,1,8-14H2,2H3,(H,24,25,26). The van der Waals surface area contributed by atoms with Crippen LogP contribution < -0.4 is 10.2 Å². The summed E-state index contributed by atoms with van der Waals surface area (Å²) in [6.45, 7) is 6.30. The molecule has 1 amide bonds. The second-order valence-electron chi connectivity index (χ2n) is 8.34. The van der Waals surface area contributed by atoms with E-state index in [0.717, 1.165) is 62.5 Å². The van der Waals surface area contributed by atoms with Crippen LogP contribution in [-0.2, 0) is 11.2 Å². The average Bonchev–Trinajstić information content (AvgIpc) is 3.38. The topological polar surface area (TPSA) is 61.4 Å². The number of nitrogens with one attached hydrogen (secondary N) is 1. The van der Waals surface area contributed by atoms with Crippen LogP contribution in [0.1, 0.15) is 41.9 Å². The molecule has 1 aromatic heterocycles. The number of anilines is 2. The van der Waals surface area contributed by atoms with E-state index in [-0.39, 0.29) is 11.5 Å². The highest BCUT2D eigenvalue weighted by Crippen LogP contribution is 2.47. The maximum absolute atomic E-state index is 13.5. The van der Waals surface area contributed by atoms with Gasteiger partial charge in [0.15, 0.2) is 0 Å². The Bertz CT molecular complexity index is 967. The van der Waals surface area contributed by atoms with E-state index in [4.69, 9.17) is 0 Å². The first-order chi connectivity index (χ1) is 14.2. The number of benzene rings is 1. The molecule has 0 radical (unpaired) electrons. The van der Waals surface area contributed by atoms with Crippen LogP contribution in [0.5, 0.6) is 0 Å². The molecule has 0 bridgehead atoms. The summed E-state index contributed by atoms with van der Waals surface area (Å²) in [4.78, 5) is 26.9. The summed E-state index contributed by atoms with van der Waals surface area (Å²) in [5, 5.41) is 3.12. The van der Waals surface area contributed by atoms with Gasteiger partial charge in [-0.25, -0.2) is 9.97 Å². The Morgan fingerprint density at radius 3 is 2.86 bits per heavy atom. The zero-order valence-corrected chi connectivity index (χ0v) is 16.9. The van der Waals surface area contributed by atoms with Crippen LogP contribution >= 0.6 is 0 Å². The van der Waals surface area contributed by atoms with Gasteiger partial charge >= 0.3 is 0 Å². The number of fused-ring (bicyclic) bond motifs is 1. The van der Waals surface area contributed by atoms with Crippen LogP contribution in [0.15, 0.2) is 37.2 Å². The largest absolute Gasteiger partial charge is 0.372 e. The van der Waals surface area contributed by atoms with Crippen molar-refractivity contribution in [2.24, 2.45) is 0 Å². The number of rotatable bonds is 4. The minimum atomic E-state index is -0.0456. The summed E-state index contributed by atoms with van der Waals surface area (Å²) in [5.74, 6) is 2.03. The third kappa shape index (κ3) is 2.89. The van der Waals surface area contributed by atoms with Crippen LogP contribution in [0.4, 0.5) is 11.6 Å². The summed E-state index contributed by atoms with van der Waals surface area (Å²) in [5.41, 5.74) is 3.45. The monoisotopic (exact) mass is 389 g/mol. The van der Waals surface area contributed by atoms with E-state index in [1.807, 2.05) is 13.1 Å². The molecule has 2 heterocycles. The van der Waals surface area contributed by atoms with Crippen LogP contribution in [0.3, 0.4) is 0 Å². The molecule has 1 aliphatic heterocycles. The van der Waals surface area contributed by atoms with Crippen molar-refractivity contribution in [1.29, 1.82) is 0 Å². The van der Waals surface area contributed by atoms with Crippen molar-refractivity contribution in [3.05, 3.63) is 53.9 Å². The number of carbonyl (C=O) groups excluding carboxylic acids is 1. The number of carbonyl (C=O) groups is 1. The normalized spacial score (nSPS) is 21.8. The van der Waals surface area contributed by atoms with Gasteiger partial charge in [-0.1, -0.05) is 36.9 Å². The molecule has 150 valence electrons. The highest BCUT2D eigenvalue weighted by atomic mass is 16.2.